The Bertz CT molecular complexity index is 625. The van der Waals surface area contributed by atoms with E-state index in [4.69, 9.17) is 10.5 Å². The van der Waals surface area contributed by atoms with Crippen LogP contribution < -0.4 is 10.5 Å². The Morgan fingerprint density at radius 3 is 2.78 bits per heavy atom. The van der Waals surface area contributed by atoms with Gasteiger partial charge >= 0.3 is 0 Å². The molecule has 1 aromatic carbocycles. The number of methoxy groups -OCH3 is 1. The summed E-state index contributed by atoms with van der Waals surface area (Å²) in [6.07, 6.45) is 0.670. The highest BCUT2D eigenvalue weighted by molar-refractivity contribution is 5.94. The predicted molar refractivity (Wildman–Crippen MR) is 68.7 cm³/mol. The van der Waals surface area contributed by atoms with Gasteiger partial charge in [0.25, 0.3) is 5.69 Å². The van der Waals surface area contributed by atoms with E-state index in [2.05, 4.69) is 4.98 Å². The first-order chi connectivity index (χ1) is 8.58. The first-order valence-electron chi connectivity index (χ1n) is 5.49. The number of aromatic nitrogens is 1. The number of pyridine rings is 1. The fourth-order valence-electron chi connectivity index (χ4n) is 1.88. The highest BCUT2D eigenvalue weighted by Gasteiger charge is 2.17. The molecule has 0 aliphatic rings. The van der Waals surface area contributed by atoms with Crippen molar-refractivity contribution in [3.05, 3.63) is 33.9 Å². The van der Waals surface area contributed by atoms with E-state index in [9.17, 15) is 10.1 Å². The highest BCUT2D eigenvalue weighted by Crippen LogP contribution is 2.33. The summed E-state index contributed by atoms with van der Waals surface area (Å²) in [5.41, 5.74) is 7.03. The molecule has 0 unspecified atom stereocenters. The summed E-state index contributed by atoms with van der Waals surface area (Å²) < 4.78 is 5.15. The summed E-state index contributed by atoms with van der Waals surface area (Å²) >= 11 is 0. The topological polar surface area (TPSA) is 91.3 Å². The first kappa shape index (κ1) is 12.1. The van der Waals surface area contributed by atoms with Gasteiger partial charge in [-0.1, -0.05) is 6.92 Å². The maximum absolute atomic E-state index is 11.0. The fraction of sp³-hybridized carbons (Fsp3) is 0.250. The summed E-state index contributed by atoms with van der Waals surface area (Å²) in [4.78, 5) is 14.8. The van der Waals surface area contributed by atoms with Crippen LogP contribution in [-0.2, 0) is 6.42 Å². The van der Waals surface area contributed by atoms with Crippen LogP contribution in [0, 0.1) is 10.1 Å². The lowest BCUT2D eigenvalue weighted by atomic mass is 10.1. The SMILES string of the molecule is CCc1cc2c([N+](=O)[O-])ccc(OC)c2nc1N. The first-order valence-corrected chi connectivity index (χ1v) is 5.49. The molecule has 0 saturated heterocycles. The van der Waals surface area contributed by atoms with Crippen LogP contribution in [-0.4, -0.2) is 17.0 Å². The minimum atomic E-state index is -0.431. The Labute approximate surface area is 104 Å². The zero-order valence-electron chi connectivity index (χ0n) is 10.1. The maximum Gasteiger partial charge on any atom is 0.279 e. The van der Waals surface area contributed by atoms with Crippen LogP contribution in [0.15, 0.2) is 18.2 Å². The quantitative estimate of drug-likeness (QED) is 0.663. The van der Waals surface area contributed by atoms with Crippen molar-refractivity contribution in [3.8, 4) is 5.75 Å². The molecule has 0 aliphatic carbocycles. The maximum atomic E-state index is 11.0. The van der Waals surface area contributed by atoms with E-state index < -0.39 is 4.92 Å². The van der Waals surface area contributed by atoms with Crippen molar-refractivity contribution >= 4 is 22.4 Å². The van der Waals surface area contributed by atoms with Crippen LogP contribution in [0.2, 0.25) is 0 Å². The molecule has 2 N–H and O–H groups in total. The van der Waals surface area contributed by atoms with E-state index in [0.717, 1.165) is 5.56 Å². The molecule has 18 heavy (non-hydrogen) atoms. The smallest absolute Gasteiger partial charge is 0.279 e. The van der Waals surface area contributed by atoms with E-state index in [1.165, 1.54) is 19.2 Å². The van der Waals surface area contributed by atoms with E-state index in [1.807, 2.05) is 6.92 Å². The van der Waals surface area contributed by atoms with Crippen molar-refractivity contribution in [1.29, 1.82) is 0 Å². The number of nitrogen functional groups attached to an aromatic ring is 1. The highest BCUT2D eigenvalue weighted by atomic mass is 16.6. The number of aryl methyl sites for hydroxylation is 1. The number of anilines is 1. The molecule has 2 rings (SSSR count). The zero-order chi connectivity index (χ0) is 13.3. The third kappa shape index (κ3) is 1.81. The molecular weight excluding hydrogens is 234 g/mol. The van der Waals surface area contributed by atoms with Crippen LogP contribution in [0.1, 0.15) is 12.5 Å². The zero-order valence-corrected chi connectivity index (χ0v) is 10.1. The fourth-order valence-corrected chi connectivity index (χ4v) is 1.88. The van der Waals surface area contributed by atoms with Gasteiger partial charge in [-0.3, -0.25) is 10.1 Å². The average Bonchev–Trinajstić information content (AvgIpc) is 2.36. The molecule has 1 aromatic heterocycles. The van der Waals surface area contributed by atoms with Gasteiger partial charge in [0.15, 0.2) is 0 Å². The summed E-state index contributed by atoms with van der Waals surface area (Å²) in [6, 6.07) is 4.65. The molecule has 2 aromatic rings. The molecule has 0 atom stereocenters. The number of nitro benzene ring substituents is 1. The summed E-state index contributed by atoms with van der Waals surface area (Å²) in [5, 5.41) is 11.5. The molecule has 0 bridgehead atoms. The lowest BCUT2D eigenvalue weighted by molar-refractivity contribution is -0.383. The Kier molecular flexibility index (Phi) is 3.01. The number of fused-ring (bicyclic) bond motifs is 1. The van der Waals surface area contributed by atoms with Crippen LogP contribution in [0.3, 0.4) is 0 Å². The number of non-ortho nitro benzene ring substituents is 1. The van der Waals surface area contributed by atoms with Gasteiger partial charge in [0.1, 0.15) is 17.1 Å². The Morgan fingerprint density at radius 1 is 1.50 bits per heavy atom. The number of hydrogen-bond acceptors (Lipinski definition) is 5. The summed E-state index contributed by atoms with van der Waals surface area (Å²) in [6.45, 7) is 1.92. The normalized spacial score (nSPS) is 10.6. The van der Waals surface area contributed by atoms with Gasteiger partial charge in [0.2, 0.25) is 0 Å². The van der Waals surface area contributed by atoms with Gasteiger partial charge in [-0.25, -0.2) is 4.98 Å². The van der Waals surface area contributed by atoms with Gasteiger partial charge in [-0.2, -0.15) is 0 Å². The molecule has 94 valence electrons. The van der Waals surface area contributed by atoms with Crippen LogP contribution >= 0.6 is 0 Å². The van der Waals surface area contributed by atoms with Crippen molar-refractivity contribution < 1.29 is 9.66 Å². The van der Waals surface area contributed by atoms with Gasteiger partial charge in [-0.05, 0) is 24.1 Å². The number of rotatable bonds is 3. The molecule has 0 saturated carbocycles. The number of nitrogens with zero attached hydrogens (tertiary/aromatic N) is 2. The van der Waals surface area contributed by atoms with Crippen molar-refractivity contribution in [3.63, 3.8) is 0 Å². The van der Waals surface area contributed by atoms with Gasteiger partial charge < -0.3 is 10.5 Å². The van der Waals surface area contributed by atoms with E-state index >= 15 is 0 Å². The molecule has 6 nitrogen and oxygen atoms in total. The molecule has 6 heteroatoms. The summed E-state index contributed by atoms with van der Waals surface area (Å²) in [7, 11) is 1.49. The molecule has 0 aliphatic heterocycles. The second-order valence-electron chi connectivity index (χ2n) is 3.83. The van der Waals surface area contributed by atoms with Crippen LogP contribution in [0.25, 0.3) is 10.9 Å². The standard InChI is InChI=1S/C12H13N3O3/c1-3-7-6-8-9(15(16)17)4-5-10(18-2)11(8)14-12(7)13/h4-6H,3H2,1-2H3,(H2,13,14). The number of nitrogens with two attached hydrogens (primary N) is 1. The average molecular weight is 247 g/mol. The van der Waals surface area contributed by atoms with Gasteiger partial charge in [0.05, 0.1) is 17.4 Å². The molecule has 1 heterocycles. The van der Waals surface area contributed by atoms with Crippen LogP contribution in [0.4, 0.5) is 11.5 Å². The Balaban J connectivity index is 2.87. The second kappa shape index (κ2) is 4.48. The monoisotopic (exact) mass is 247 g/mol. The molecule has 0 amide bonds. The number of ether oxygens (including phenoxy) is 1. The van der Waals surface area contributed by atoms with Gasteiger partial charge in [-0.15, -0.1) is 0 Å². The molecular formula is C12H13N3O3. The second-order valence-corrected chi connectivity index (χ2v) is 3.83. The van der Waals surface area contributed by atoms with E-state index in [0.29, 0.717) is 28.9 Å². The largest absolute Gasteiger partial charge is 0.494 e. The summed E-state index contributed by atoms with van der Waals surface area (Å²) in [5.74, 6) is 0.855. The number of hydrogen-bond donors (Lipinski definition) is 1. The predicted octanol–water partition coefficient (Wildman–Crippen LogP) is 2.30. The molecule has 0 fully saturated rings. The third-order valence-corrected chi connectivity index (χ3v) is 2.83. The Hall–Kier alpha value is -2.37. The minimum absolute atomic E-state index is 0.00741. The van der Waals surface area contributed by atoms with Crippen molar-refractivity contribution in [1.82, 2.24) is 4.98 Å². The molecule has 0 spiro atoms. The van der Waals surface area contributed by atoms with Crippen LogP contribution in [0.5, 0.6) is 5.75 Å². The number of benzene rings is 1. The lowest BCUT2D eigenvalue weighted by Gasteiger charge is -2.08. The molecule has 0 radical (unpaired) electrons. The lowest BCUT2D eigenvalue weighted by Crippen LogP contribution is -2.00. The van der Waals surface area contributed by atoms with E-state index in [-0.39, 0.29) is 5.69 Å². The van der Waals surface area contributed by atoms with Gasteiger partial charge in [0, 0.05) is 6.07 Å². The van der Waals surface area contributed by atoms with Crippen molar-refractivity contribution in [2.24, 2.45) is 0 Å². The van der Waals surface area contributed by atoms with Crippen molar-refractivity contribution in [2.75, 3.05) is 12.8 Å². The van der Waals surface area contributed by atoms with E-state index in [1.54, 1.807) is 6.07 Å². The minimum Gasteiger partial charge on any atom is -0.494 e. The number of nitro groups is 1. The van der Waals surface area contributed by atoms with Crippen molar-refractivity contribution in [2.45, 2.75) is 13.3 Å². The third-order valence-electron chi connectivity index (χ3n) is 2.83. The Morgan fingerprint density at radius 2 is 2.22 bits per heavy atom.